The minimum absolute atomic E-state index is 0.0832. The maximum atomic E-state index is 12.3. The van der Waals surface area contributed by atoms with Crippen molar-refractivity contribution >= 4 is 40.7 Å². The van der Waals surface area contributed by atoms with E-state index in [0.29, 0.717) is 23.4 Å². The zero-order valence-corrected chi connectivity index (χ0v) is 19.8. The second-order valence-corrected chi connectivity index (χ2v) is 9.42. The molecule has 2 amide bonds. The van der Waals surface area contributed by atoms with Gasteiger partial charge in [-0.15, -0.1) is 0 Å². The Morgan fingerprint density at radius 3 is 1.72 bits per heavy atom. The third-order valence-corrected chi connectivity index (χ3v) is 7.19. The van der Waals surface area contributed by atoms with Gasteiger partial charge in [0.05, 0.1) is 12.2 Å². The van der Waals surface area contributed by atoms with Gasteiger partial charge >= 0.3 is 5.97 Å². The van der Waals surface area contributed by atoms with Crippen LogP contribution in [0.5, 0.6) is 0 Å². The summed E-state index contributed by atoms with van der Waals surface area (Å²) >= 11 is 0. The van der Waals surface area contributed by atoms with E-state index in [1.165, 1.54) is 13.8 Å². The molecule has 4 aliphatic rings. The van der Waals surface area contributed by atoms with Gasteiger partial charge in [-0.05, 0) is 37.1 Å². The van der Waals surface area contributed by atoms with E-state index in [-0.39, 0.29) is 29.8 Å². The standard InChI is InChI=1S/C14H13NO3.C13H11NO4/c1-8-7-14(12(18-8)9(2)16)10-5-3-4-6-11(10)15-13(14)17;1-7(15)11-13(6-10(16)18-11)8-4-2-3-5-9(8)14-12(13)17/h3-6,12H,1,7H2,2H3,(H,15,17);2-5,11H,6H2,1H3,(H,14,17)/t12?,14-;11?,13-/m00/s1. The first-order valence-corrected chi connectivity index (χ1v) is 11.5. The molecule has 2 N–H and O–H groups in total. The Bertz CT molecular complexity index is 1260. The highest BCUT2D eigenvalue weighted by atomic mass is 16.6. The van der Waals surface area contributed by atoms with Crippen molar-refractivity contribution in [3.8, 4) is 0 Å². The molecule has 4 aliphatic heterocycles. The molecule has 0 aromatic heterocycles. The number of cyclic esters (lactones) is 1. The number of nitrogens with one attached hydrogen (secondary N) is 2. The van der Waals surface area contributed by atoms with Crippen LogP contribution in [-0.4, -0.2) is 41.6 Å². The summed E-state index contributed by atoms with van der Waals surface area (Å²) in [7, 11) is 0. The number of ketones is 2. The lowest BCUT2D eigenvalue weighted by molar-refractivity contribution is -0.148. The first kappa shape index (κ1) is 23.5. The quantitative estimate of drug-likeness (QED) is 0.622. The van der Waals surface area contributed by atoms with E-state index in [2.05, 4.69) is 17.2 Å². The van der Waals surface area contributed by atoms with Gasteiger partial charge in [-0.2, -0.15) is 0 Å². The van der Waals surface area contributed by atoms with Crippen molar-refractivity contribution in [2.24, 2.45) is 0 Å². The molecular weight excluding hydrogens is 464 g/mol. The van der Waals surface area contributed by atoms with Crippen molar-refractivity contribution in [2.45, 2.75) is 49.7 Å². The van der Waals surface area contributed by atoms with E-state index in [1.54, 1.807) is 24.3 Å². The van der Waals surface area contributed by atoms with Crippen molar-refractivity contribution < 1.29 is 33.4 Å². The molecule has 0 radical (unpaired) electrons. The SMILES string of the molecule is C=C1C[C@@]2(C(=O)Nc3ccccc32)C(C(C)=O)O1.CC(=O)C1OC(=O)C[C@@]12C(=O)Nc1ccccc12. The lowest BCUT2D eigenvalue weighted by Crippen LogP contribution is -2.45. The maximum Gasteiger partial charge on any atom is 0.308 e. The molecule has 4 atom stereocenters. The number of Topliss-reactive ketones (excluding diaryl/α,β-unsaturated/α-hetero) is 2. The summed E-state index contributed by atoms with van der Waals surface area (Å²) in [6, 6.07) is 14.5. The minimum atomic E-state index is -1.18. The van der Waals surface area contributed by atoms with E-state index in [9.17, 15) is 24.0 Å². The average Bonchev–Trinajstić information content (AvgIpc) is 3.53. The number of rotatable bonds is 2. The number of esters is 1. The second kappa shape index (κ2) is 8.15. The number of carbonyl (C=O) groups is 5. The van der Waals surface area contributed by atoms with E-state index in [0.717, 1.165) is 11.3 Å². The number of amides is 2. The second-order valence-electron chi connectivity index (χ2n) is 9.42. The highest BCUT2D eigenvalue weighted by Gasteiger charge is 2.61. The summed E-state index contributed by atoms with van der Waals surface area (Å²) in [6.45, 7) is 6.53. The molecule has 0 aliphatic carbocycles. The number of ether oxygens (including phenoxy) is 2. The summed E-state index contributed by atoms with van der Waals surface area (Å²) in [5, 5.41) is 5.54. The number of para-hydroxylation sites is 2. The molecule has 2 aromatic rings. The Balaban J connectivity index is 0.000000148. The van der Waals surface area contributed by atoms with Gasteiger partial charge in [-0.1, -0.05) is 43.0 Å². The fourth-order valence-corrected chi connectivity index (χ4v) is 5.71. The highest BCUT2D eigenvalue weighted by molar-refractivity contribution is 6.13. The number of benzene rings is 2. The Morgan fingerprint density at radius 1 is 0.778 bits per heavy atom. The summed E-state index contributed by atoms with van der Waals surface area (Å²) < 4.78 is 10.5. The maximum absolute atomic E-state index is 12.3. The van der Waals surface area contributed by atoms with Gasteiger partial charge in [0.25, 0.3) is 0 Å². The largest absolute Gasteiger partial charge is 0.486 e. The van der Waals surface area contributed by atoms with Gasteiger partial charge in [0, 0.05) is 17.8 Å². The zero-order chi connectivity index (χ0) is 25.8. The zero-order valence-electron chi connectivity index (χ0n) is 19.8. The fraction of sp³-hybridized carbons (Fsp3) is 0.296. The van der Waals surface area contributed by atoms with Crippen molar-refractivity contribution in [3.05, 3.63) is 72.0 Å². The molecule has 0 bridgehead atoms. The Hall–Kier alpha value is -4.27. The van der Waals surface area contributed by atoms with E-state index in [1.807, 2.05) is 24.3 Å². The molecule has 36 heavy (non-hydrogen) atoms. The van der Waals surface area contributed by atoms with Crippen molar-refractivity contribution in [1.82, 2.24) is 0 Å². The molecule has 9 nitrogen and oxygen atoms in total. The Kier molecular flexibility index (Phi) is 5.31. The summed E-state index contributed by atoms with van der Waals surface area (Å²) in [5.74, 6) is -1.00. The molecule has 2 fully saturated rings. The fourth-order valence-electron chi connectivity index (χ4n) is 5.71. The Morgan fingerprint density at radius 2 is 1.22 bits per heavy atom. The molecule has 184 valence electrons. The van der Waals surface area contributed by atoms with E-state index < -0.39 is 29.0 Å². The van der Waals surface area contributed by atoms with Crippen LogP contribution in [-0.2, 0) is 44.3 Å². The lowest BCUT2D eigenvalue weighted by atomic mass is 9.74. The molecule has 2 spiro atoms. The number of fused-ring (bicyclic) bond motifs is 4. The number of carbonyl (C=O) groups excluding carboxylic acids is 5. The first-order chi connectivity index (χ1) is 17.1. The average molecular weight is 488 g/mol. The van der Waals surface area contributed by atoms with Crippen LogP contribution in [0, 0.1) is 0 Å². The number of allylic oxidation sites excluding steroid dienone is 1. The van der Waals surface area contributed by atoms with Crippen LogP contribution in [0.3, 0.4) is 0 Å². The van der Waals surface area contributed by atoms with Crippen LogP contribution >= 0.6 is 0 Å². The molecule has 2 aromatic carbocycles. The topological polar surface area (TPSA) is 128 Å². The first-order valence-electron chi connectivity index (χ1n) is 11.5. The van der Waals surface area contributed by atoms with Crippen molar-refractivity contribution in [3.63, 3.8) is 0 Å². The van der Waals surface area contributed by atoms with Crippen LogP contribution in [0.15, 0.2) is 60.9 Å². The molecule has 2 unspecified atom stereocenters. The summed E-state index contributed by atoms with van der Waals surface area (Å²) in [5.41, 5.74) is 0.785. The highest BCUT2D eigenvalue weighted by Crippen LogP contribution is 2.50. The van der Waals surface area contributed by atoms with Crippen LogP contribution in [0.2, 0.25) is 0 Å². The third-order valence-electron chi connectivity index (χ3n) is 7.19. The molecule has 2 saturated heterocycles. The third kappa shape index (κ3) is 3.19. The molecule has 9 heteroatoms. The molecule has 4 heterocycles. The van der Waals surface area contributed by atoms with Crippen LogP contribution < -0.4 is 10.6 Å². The van der Waals surface area contributed by atoms with E-state index >= 15 is 0 Å². The summed E-state index contributed by atoms with van der Waals surface area (Å²) in [4.78, 5) is 59.5. The lowest BCUT2D eigenvalue weighted by Gasteiger charge is -2.24. The smallest absolute Gasteiger partial charge is 0.308 e. The van der Waals surface area contributed by atoms with Gasteiger partial charge in [0.15, 0.2) is 23.8 Å². The molecule has 6 rings (SSSR count). The predicted octanol–water partition coefficient (Wildman–Crippen LogP) is 2.55. The van der Waals surface area contributed by atoms with Crippen LogP contribution in [0.4, 0.5) is 11.4 Å². The minimum Gasteiger partial charge on any atom is -0.486 e. The van der Waals surface area contributed by atoms with Crippen LogP contribution in [0.1, 0.15) is 37.8 Å². The predicted molar refractivity (Wildman–Crippen MR) is 128 cm³/mol. The molecule has 0 saturated carbocycles. The monoisotopic (exact) mass is 488 g/mol. The molecular formula is C27H24N2O7. The normalized spacial score (nSPS) is 29.1. The number of anilines is 2. The Labute approximate surface area is 206 Å². The van der Waals surface area contributed by atoms with Gasteiger partial charge < -0.3 is 20.1 Å². The van der Waals surface area contributed by atoms with Crippen LogP contribution in [0.25, 0.3) is 0 Å². The van der Waals surface area contributed by atoms with Crippen molar-refractivity contribution in [1.29, 1.82) is 0 Å². The summed E-state index contributed by atoms with van der Waals surface area (Å²) in [6.07, 6.45) is -1.51. The number of hydrogen-bond acceptors (Lipinski definition) is 7. The van der Waals surface area contributed by atoms with Gasteiger partial charge in [0.2, 0.25) is 11.8 Å². The van der Waals surface area contributed by atoms with Gasteiger partial charge in [0.1, 0.15) is 10.8 Å². The van der Waals surface area contributed by atoms with Gasteiger partial charge in [-0.3, -0.25) is 24.0 Å². The number of hydrogen-bond donors (Lipinski definition) is 2. The van der Waals surface area contributed by atoms with Crippen molar-refractivity contribution in [2.75, 3.05) is 10.6 Å². The van der Waals surface area contributed by atoms with E-state index in [4.69, 9.17) is 9.47 Å². The van der Waals surface area contributed by atoms with Gasteiger partial charge in [-0.25, -0.2) is 0 Å².